The molecule has 0 unspecified atom stereocenters. The normalized spacial score (nSPS) is 11.2. The summed E-state index contributed by atoms with van der Waals surface area (Å²) >= 11 is 0. The van der Waals surface area contributed by atoms with Gasteiger partial charge in [0.25, 0.3) is 5.91 Å². The van der Waals surface area contributed by atoms with Crippen molar-refractivity contribution in [3.63, 3.8) is 0 Å². The van der Waals surface area contributed by atoms with Crippen molar-refractivity contribution in [2.75, 3.05) is 19.3 Å². The van der Waals surface area contributed by atoms with Gasteiger partial charge in [0, 0.05) is 18.4 Å². The smallest absolute Gasteiger partial charge is 0.323 e. The summed E-state index contributed by atoms with van der Waals surface area (Å²) in [5.74, 6) is -1.62. The first-order chi connectivity index (χ1) is 9.16. The molecule has 20 heavy (non-hydrogen) atoms. The molecule has 0 heterocycles. The van der Waals surface area contributed by atoms with Gasteiger partial charge in [-0.15, -0.1) is 0 Å². The van der Waals surface area contributed by atoms with Gasteiger partial charge >= 0.3 is 5.97 Å². The molecular formula is C13H17NO5S. The fourth-order valence-electron chi connectivity index (χ4n) is 1.81. The zero-order valence-electron chi connectivity index (χ0n) is 11.6. The quantitative estimate of drug-likeness (QED) is 0.873. The molecule has 6 nitrogen and oxygen atoms in total. The first-order valence-electron chi connectivity index (χ1n) is 5.98. The van der Waals surface area contributed by atoms with Gasteiger partial charge in [0.2, 0.25) is 0 Å². The minimum Gasteiger partial charge on any atom is -0.480 e. The predicted molar refractivity (Wildman–Crippen MR) is 73.5 cm³/mol. The molecule has 0 bridgehead atoms. The minimum absolute atomic E-state index is 0.0785. The lowest BCUT2D eigenvalue weighted by molar-refractivity contribution is -0.137. The highest BCUT2D eigenvalue weighted by atomic mass is 32.2. The summed E-state index contributed by atoms with van der Waals surface area (Å²) in [6.45, 7) is 3.11. The molecule has 0 aromatic heterocycles. The van der Waals surface area contributed by atoms with Crippen LogP contribution in [-0.2, 0) is 14.6 Å². The summed E-state index contributed by atoms with van der Waals surface area (Å²) in [5.41, 5.74) is 0.712. The van der Waals surface area contributed by atoms with Crippen molar-refractivity contribution in [2.24, 2.45) is 0 Å². The van der Waals surface area contributed by atoms with Crippen LogP contribution in [0.1, 0.15) is 22.8 Å². The Morgan fingerprint density at radius 3 is 2.35 bits per heavy atom. The van der Waals surface area contributed by atoms with E-state index in [0.717, 1.165) is 11.2 Å². The highest BCUT2D eigenvalue weighted by molar-refractivity contribution is 7.90. The highest BCUT2D eigenvalue weighted by Gasteiger charge is 2.19. The van der Waals surface area contributed by atoms with Crippen molar-refractivity contribution < 1.29 is 23.1 Å². The number of aliphatic carboxylic acids is 1. The molecule has 7 heteroatoms. The van der Waals surface area contributed by atoms with Crippen LogP contribution in [0.25, 0.3) is 0 Å². The summed E-state index contributed by atoms with van der Waals surface area (Å²) in [5, 5.41) is 8.75. The molecule has 0 spiro atoms. The molecule has 1 aromatic carbocycles. The molecule has 0 fully saturated rings. The number of aryl methyl sites for hydroxylation is 1. The van der Waals surface area contributed by atoms with Gasteiger partial charge in [-0.05, 0) is 31.5 Å². The van der Waals surface area contributed by atoms with Crippen LogP contribution in [0.5, 0.6) is 0 Å². The Hall–Kier alpha value is -1.89. The third-order valence-corrected chi connectivity index (χ3v) is 4.07. The lowest BCUT2D eigenvalue weighted by Crippen LogP contribution is -2.35. The standard InChI is InChI=1S/C13H17NO5S/c1-4-14(8-12(15)16)13(17)10-6-5-9(2)11(7-10)20(3,18)19/h5-7H,4,8H2,1-3H3,(H,15,16). The maximum absolute atomic E-state index is 12.2. The number of carboxylic acid groups (broad SMARTS) is 1. The Kier molecular flexibility index (Phi) is 4.88. The molecule has 1 aromatic rings. The molecule has 110 valence electrons. The lowest BCUT2D eigenvalue weighted by atomic mass is 10.1. The molecule has 0 radical (unpaired) electrons. The fourth-order valence-corrected chi connectivity index (χ4v) is 2.80. The van der Waals surface area contributed by atoms with E-state index in [0.29, 0.717) is 5.56 Å². The summed E-state index contributed by atoms with van der Waals surface area (Å²) in [4.78, 5) is 24.1. The molecule has 0 saturated carbocycles. The molecule has 0 aliphatic rings. The number of benzene rings is 1. The van der Waals surface area contributed by atoms with Crippen molar-refractivity contribution in [1.82, 2.24) is 4.90 Å². The van der Waals surface area contributed by atoms with E-state index in [-0.39, 0.29) is 17.0 Å². The Labute approximate surface area is 117 Å². The summed E-state index contributed by atoms with van der Waals surface area (Å²) < 4.78 is 23.3. The van der Waals surface area contributed by atoms with Crippen LogP contribution in [-0.4, -0.2) is 49.6 Å². The van der Waals surface area contributed by atoms with E-state index in [4.69, 9.17) is 5.11 Å². The number of carbonyl (C=O) groups is 2. The van der Waals surface area contributed by atoms with Crippen LogP contribution in [0.4, 0.5) is 0 Å². The number of amides is 1. The van der Waals surface area contributed by atoms with E-state index < -0.39 is 28.3 Å². The van der Waals surface area contributed by atoms with E-state index in [1.54, 1.807) is 13.8 Å². The van der Waals surface area contributed by atoms with E-state index >= 15 is 0 Å². The number of rotatable bonds is 5. The van der Waals surface area contributed by atoms with Crippen molar-refractivity contribution in [3.05, 3.63) is 29.3 Å². The first kappa shape index (κ1) is 16.2. The van der Waals surface area contributed by atoms with Crippen LogP contribution in [0.3, 0.4) is 0 Å². The first-order valence-corrected chi connectivity index (χ1v) is 7.87. The van der Waals surface area contributed by atoms with Crippen molar-refractivity contribution in [1.29, 1.82) is 0 Å². The summed E-state index contributed by atoms with van der Waals surface area (Å²) in [6, 6.07) is 4.33. The maximum Gasteiger partial charge on any atom is 0.323 e. The number of sulfone groups is 1. The minimum atomic E-state index is -3.43. The molecule has 0 saturated heterocycles. The number of nitrogens with zero attached hydrogens (tertiary/aromatic N) is 1. The SMILES string of the molecule is CCN(CC(=O)O)C(=O)c1ccc(C)c(S(C)(=O)=O)c1. The largest absolute Gasteiger partial charge is 0.480 e. The van der Waals surface area contributed by atoms with Crippen LogP contribution >= 0.6 is 0 Å². The van der Waals surface area contributed by atoms with Gasteiger partial charge in [-0.25, -0.2) is 8.42 Å². The number of hydrogen-bond donors (Lipinski definition) is 1. The van der Waals surface area contributed by atoms with Gasteiger partial charge in [-0.3, -0.25) is 9.59 Å². The number of hydrogen-bond acceptors (Lipinski definition) is 4. The molecule has 1 amide bonds. The van der Waals surface area contributed by atoms with Crippen LogP contribution in [0.15, 0.2) is 23.1 Å². The van der Waals surface area contributed by atoms with Gasteiger partial charge < -0.3 is 10.0 Å². The Morgan fingerprint density at radius 2 is 1.90 bits per heavy atom. The summed E-state index contributed by atoms with van der Waals surface area (Å²) in [6.07, 6.45) is 1.07. The topological polar surface area (TPSA) is 91.8 Å². The van der Waals surface area contributed by atoms with E-state index in [1.807, 2.05) is 0 Å². The van der Waals surface area contributed by atoms with Gasteiger partial charge in [-0.1, -0.05) is 6.07 Å². The average molecular weight is 299 g/mol. The Balaban J connectivity index is 3.20. The second kappa shape index (κ2) is 6.04. The summed E-state index contributed by atoms with van der Waals surface area (Å²) in [7, 11) is -3.43. The molecular weight excluding hydrogens is 282 g/mol. The van der Waals surface area contributed by atoms with Crippen LogP contribution in [0.2, 0.25) is 0 Å². The Bertz CT molecular complexity index is 636. The number of carbonyl (C=O) groups excluding carboxylic acids is 1. The second-order valence-corrected chi connectivity index (χ2v) is 6.45. The van der Waals surface area contributed by atoms with Crippen molar-refractivity contribution >= 4 is 21.7 Å². The van der Waals surface area contributed by atoms with Crippen molar-refractivity contribution in [2.45, 2.75) is 18.7 Å². The molecule has 1 N–H and O–H groups in total. The molecule has 0 aliphatic carbocycles. The molecule has 0 aliphatic heterocycles. The Morgan fingerprint density at radius 1 is 1.30 bits per heavy atom. The van der Waals surface area contributed by atoms with Gasteiger partial charge in [0.05, 0.1) is 4.90 Å². The van der Waals surface area contributed by atoms with Crippen LogP contribution in [0, 0.1) is 6.92 Å². The van der Waals surface area contributed by atoms with E-state index in [1.165, 1.54) is 18.2 Å². The van der Waals surface area contributed by atoms with Gasteiger partial charge in [0.15, 0.2) is 9.84 Å². The zero-order chi connectivity index (χ0) is 15.5. The van der Waals surface area contributed by atoms with E-state index in [2.05, 4.69) is 0 Å². The second-order valence-electron chi connectivity index (χ2n) is 4.47. The average Bonchev–Trinajstić information content (AvgIpc) is 2.34. The van der Waals surface area contributed by atoms with Gasteiger partial charge in [0.1, 0.15) is 6.54 Å². The highest BCUT2D eigenvalue weighted by Crippen LogP contribution is 2.18. The number of likely N-dealkylation sites (N-methyl/N-ethyl adjacent to an activating group) is 1. The monoisotopic (exact) mass is 299 g/mol. The van der Waals surface area contributed by atoms with Gasteiger partial charge in [-0.2, -0.15) is 0 Å². The van der Waals surface area contributed by atoms with Crippen LogP contribution < -0.4 is 0 Å². The zero-order valence-corrected chi connectivity index (χ0v) is 12.4. The third kappa shape index (κ3) is 3.80. The molecule has 0 atom stereocenters. The van der Waals surface area contributed by atoms with Crippen molar-refractivity contribution in [3.8, 4) is 0 Å². The maximum atomic E-state index is 12.2. The van der Waals surface area contributed by atoms with E-state index in [9.17, 15) is 18.0 Å². The molecule has 1 rings (SSSR count). The fraction of sp³-hybridized carbons (Fsp3) is 0.385. The predicted octanol–water partition coefficient (Wildman–Crippen LogP) is 0.945. The number of carboxylic acids is 1. The third-order valence-electron chi connectivity index (χ3n) is 2.83. The lowest BCUT2D eigenvalue weighted by Gasteiger charge is -2.19.